The lowest BCUT2D eigenvalue weighted by Crippen LogP contribution is -2.33. The van der Waals surface area contributed by atoms with Gasteiger partial charge in [0, 0.05) is 17.9 Å². The first-order valence-corrected chi connectivity index (χ1v) is 6.80. The zero-order valence-electron chi connectivity index (χ0n) is 8.49. The molecule has 0 aliphatic carbocycles. The summed E-state index contributed by atoms with van der Waals surface area (Å²) in [5.74, 6) is 0. The maximum Gasteiger partial charge on any atom is 0.402 e. The summed E-state index contributed by atoms with van der Waals surface area (Å²) in [5.41, 5.74) is 0. The molecule has 1 aromatic rings. The minimum Gasteiger partial charge on any atom is -0.396 e. The number of rotatable bonds is 5. The third-order valence-corrected chi connectivity index (χ3v) is 4.76. The zero-order chi connectivity index (χ0) is 13.1. The molecule has 0 unspecified atom stereocenters. The molecule has 9 heteroatoms. The summed E-state index contributed by atoms with van der Waals surface area (Å²) in [4.78, 5) is 0.597. The van der Waals surface area contributed by atoms with Crippen LogP contribution < -0.4 is 4.72 Å². The van der Waals surface area contributed by atoms with Crippen LogP contribution in [0.4, 0.5) is 13.2 Å². The standard InChI is InChI=1S/C8H10F3NO3S2/c9-8(10,11)5-12-17(14,15)7-2-1-6(16-7)3-4-13/h1-2,12-13H,3-5H2. The van der Waals surface area contributed by atoms with Crippen molar-refractivity contribution in [3.63, 3.8) is 0 Å². The summed E-state index contributed by atoms with van der Waals surface area (Å²) >= 11 is 0.837. The topological polar surface area (TPSA) is 66.4 Å². The molecule has 2 N–H and O–H groups in total. The Morgan fingerprint density at radius 3 is 2.53 bits per heavy atom. The Morgan fingerprint density at radius 2 is 2.00 bits per heavy atom. The van der Waals surface area contributed by atoms with E-state index in [1.54, 1.807) is 0 Å². The molecule has 0 atom stereocenters. The number of aliphatic hydroxyl groups excluding tert-OH is 1. The highest BCUT2D eigenvalue weighted by molar-refractivity contribution is 7.91. The molecule has 0 amide bonds. The summed E-state index contributed by atoms with van der Waals surface area (Å²) in [6.45, 7) is -1.74. The van der Waals surface area contributed by atoms with E-state index in [0.717, 1.165) is 11.3 Å². The molecule has 1 heterocycles. The third-order valence-electron chi connectivity index (χ3n) is 1.72. The molecule has 0 saturated heterocycles. The van der Waals surface area contributed by atoms with Crippen molar-refractivity contribution in [2.75, 3.05) is 13.2 Å². The smallest absolute Gasteiger partial charge is 0.396 e. The van der Waals surface area contributed by atoms with Gasteiger partial charge in [-0.05, 0) is 12.1 Å². The molecule has 0 saturated carbocycles. The highest BCUT2D eigenvalue weighted by atomic mass is 32.2. The van der Waals surface area contributed by atoms with E-state index in [4.69, 9.17) is 5.11 Å². The average Bonchev–Trinajstić information content (AvgIpc) is 2.64. The van der Waals surface area contributed by atoms with Gasteiger partial charge in [0.15, 0.2) is 0 Å². The van der Waals surface area contributed by atoms with E-state index < -0.39 is 22.7 Å². The Labute approximate surface area is 100 Å². The molecule has 0 fully saturated rings. The van der Waals surface area contributed by atoms with E-state index >= 15 is 0 Å². The van der Waals surface area contributed by atoms with Gasteiger partial charge in [-0.3, -0.25) is 0 Å². The van der Waals surface area contributed by atoms with Gasteiger partial charge in [0.1, 0.15) is 10.8 Å². The SMILES string of the molecule is O=S(=O)(NCC(F)(F)F)c1ccc(CCO)s1. The van der Waals surface area contributed by atoms with Gasteiger partial charge in [0.05, 0.1) is 0 Å². The van der Waals surface area contributed by atoms with E-state index in [0.29, 0.717) is 4.88 Å². The first kappa shape index (κ1) is 14.4. The molecule has 0 aliphatic rings. The number of hydrogen-bond acceptors (Lipinski definition) is 4. The number of thiophene rings is 1. The highest BCUT2D eigenvalue weighted by Gasteiger charge is 2.30. The lowest BCUT2D eigenvalue weighted by molar-refractivity contribution is -0.121. The minimum atomic E-state index is -4.59. The monoisotopic (exact) mass is 289 g/mol. The fourth-order valence-electron chi connectivity index (χ4n) is 0.995. The second-order valence-corrected chi connectivity index (χ2v) is 6.30. The number of halogens is 3. The van der Waals surface area contributed by atoms with Gasteiger partial charge in [-0.2, -0.15) is 13.2 Å². The predicted octanol–water partition coefficient (Wildman–Crippen LogP) is 1.12. The maximum absolute atomic E-state index is 11.9. The Bertz CT molecular complexity index is 467. The van der Waals surface area contributed by atoms with Gasteiger partial charge in [0.2, 0.25) is 10.0 Å². The molecule has 4 nitrogen and oxygen atoms in total. The van der Waals surface area contributed by atoms with Crippen LogP contribution in [0.3, 0.4) is 0 Å². The summed E-state index contributed by atoms with van der Waals surface area (Å²) in [7, 11) is -4.12. The van der Waals surface area contributed by atoms with Crippen molar-refractivity contribution < 1.29 is 26.7 Å². The highest BCUT2D eigenvalue weighted by Crippen LogP contribution is 2.22. The van der Waals surface area contributed by atoms with Gasteiger partial charge in [-0.15, -0.1) is 11.3 Å². The van der Waals surface area contributed by atoms with Crippen LogP contribution in [0.15, 0.2) is 16.3 Å². The van der Waals surface area contributed by atoms with Crippen molar-refractivity contribution >= 4 is 21.4 Å². The molecule has 0 bridgehead atoms. The Hall–Kier alpha value is -0.640. The third kappa shape index (κ3) is 4.62. The van der Waals surface area contributed by atoms with Gasteiger partial charge < -0.3 is 5.11 Å². The van der Waals surface area contributed by atoms with E-state index in [2.05, 4.69) is 0 Å². The second kappa shape index (κ2) is 5.34. The van der Waals surface area contributed by atoms with Crippen molar-refractivity contribution in [2.24, 2.45) is 0 Å². The molecule has 0 spiro atoms. The summed E-state index contributed by atoms with van der Waals surface area (Å²) in [5, 5.41) is 8.63. The quantitative estimate of drug-likeness (QED) is 0.854. The van der Waals surface area contributed by atoms with Crippen LogP contribution in [0.25, 0.3) is 0 Å². The van der Waals surface area contributed by atoms with Gasteiger partial charge in [-0.1, -0.05) is 0 Å². The van der Waals surface area contributed by atoms with Crippen LogP contribution in [-0.4, -0.2) is 32.9 Å². The van der Waals surface area contributed by atoms with E-state index in [-0.39, 0.29) is 17.2 Å². The summed E-state index contributed by atoms with van der Waals surface area (Å²) in [6, 6.07) is 2.68. The van der Waals surface area contributed by atoms with Crippen molar-refractivity contribution in [1.29, 1.82) is 0 Å². The average molecular weight is 289 g/mol. The van der Waals surface area contributed by atoms with Crippen LogP contribution in [-0.2, 0) is 16.4 Å². The van der Waals surface area contributed by atoms with Gasteiger partial charge in [-0.25, -0.2) is 13.1 Å². The number of hydrogen-bond donors (Lipinski definition) is 2. The van der Waals surface area contributed by atoms with Crippen LogP contribution in [0, 0.1) is 0 Å². The second-order valence-electron chi connectivity index (χ2n) is 3.13. The molecular weight excluding hydrogens is 279 g/mol. The molecular formula is C8H10F3NO3S2. The zero-order valence-corrected chi connectivity index (χ0v) is 10.1. The molecule has 17 heavy (non-hydrogen) atoms. The minimum absolute atomic E-state index is 0.143. The largest absolute Gasteiger partial charge is 0.402 e. The van der Waals surface area contributed by atoms with Gasteiger partial charge >= 0.3 is 6.18 Å². The Balaban J connectivity index is 2.75. The summed E-state index contributed by atoms with van der Waals surface area (Å²) in [6.07, 6.45) is -4.31. The molecule has 0 radical (unpaired) electrons. The van der Waals surface area contributed by atoms with Crippen molar-refractivity contribution in [3.8, 4) is 0 Å². The summed E-state index contributed by atoms with van der Waals surface area (Å²) < 4.78 is 59.8. The van der Waals surface area contributed by atoms with Crippen molar-refractivity contribution in [1.82, 2.24) is 4.72 Å². The lowest BCUT2D eigenvalue weighted by Gasteiger charge is -2.07. The predicted molar refractivity (Wildman–Crippen MR) is 56.4 cm³/mol. The molecule has 98 valence electrons. The van der Waals surface area contributed by atoms with Crippen LogP contribution in [0.2, 0.25) is 0 Å². The van der Waals surface area contributed by atoms with E-state index in [9.17, 15) is 21.6 Å². The van der Waals surface area contributed by atoms with Crippen molar-refractivity contribution in [2.45, 2.75) is 16.8 Å². The molecule has 1 aromatic heterocycles. The number of nitrogens with one attached hydrogen (secondary N) is 1. The molecule has 0 aromatic carbocycles. The van der Waals surface area contributed by atoms with Crippen LogP contribution in [0.5, 0.6) is 0 Å². The van der Waals surface area contributed by atoms with Crippen LogP contribution in [0.1, 0.15) is 4.88 Å². The normalized spacial score (nSPS) is 12.9. The first-order valence-electron chi connectivity index (χ1n) is 4.50. The number of alkyl halides is 3. The fourth-order valence-corrected chi connectivity index (χ4v) is 3.40. The fraction of sp³-hybridized carbons (Fsp3) is 0.500. The lowest BCUT2D eigenvalue weighted by atomic mass is 10.4. The number of aliphatic hydroxyl groups is 1. The Morgan fingerprint density at radius 1 is 1.35 bits per heavy atom. The molecule has 1 rings (SSSR count). The van der Waals surface area contributed by atoms with E-state index in [1.165, 1.54) is 16.9 Å². The van der Waals surface area contributed by atoms with Gasteiger partial charge in [0.25, 0.3) is 0 Å². The van der Waals surface area contributed by atoms with Crippen molar-refractivity contribution in [3.05, 3.63) is 17.0 Å². The Kier molecular flexibility index (Phi) is 4.53. The first-order chi connectivity index (χ1) is 7.74. The molecule has 0 aliphatic heterocycles. The number of sulfonamides is 1. The van der Waals surface area contributed by atoms with E-state index in [1.807, 2.05) is 0 Å². The van der Waals surface area contributed by atoms with Crippen LogP contribution >= 0.6 is 11.3 Å². The maximum atomic E-state index is 11.9.